The zero-order valence-electron chi connectivity index (χ0n) is 11.5. The van der Waals surface area contributed by atoms with Crippen molar-refractivity contribution in [1.82, 2.24) is 14.9 Å². The topological polar surface area (TPSA) is 46.1 Å². The van der Waals surface area contributed by atoms with Gasteiger partial charge in [0.05, 0.1) is 4.88 Å². The van der Waals surface area contributed by atoms with Gasteiger partial charge in [0.1, 0.15) is 10.7 Å². The van der Waals surface area contributed by atoms with Crippen LogP contribution in [0.5, 0.6) is 0 Å². The van der Waals surface area contributed by atoms with Gasteiger partial charge in [0.15, 0.2) is 0 Å². The van der Waals surface area contributed by atoms with Gasteiger partial charge in [0, 0.05) is 24.2 Å². The summed E-state index contributed by atoms with van der Waals surface area (Å²) in [6.07, 6.45) is 2.24. The molecule has 19 heavy (non-hydrogen) atoms. The Morgan fingerprint density at radius 1 is 1.16 bits per heavy atom. The van der Waals surface area contributed by atoms with Crippen LogP contribution in [0.4, 0.5) is 0 Å². The monoisotopic (exact) mass is 275 g/mol. The van der Waals surface area contributed by atoms with Crippen molar-refractivity contribution in [2.45, 2.75) is 33.6 Å². The van der Waals surface area contributed by atoms with Gasteiger partial charge in [-0.3, -0.25) is 4.79 Å². The van der Waals surface area contributed by atoms with E-state index >= 15 is 0 Å². The first-order valence-electron chi connectivity index (χ1n) is 6.61. The summed E-state index contributed by atoms with van der Waals surface area (Å²) in [7, 11) is 0. The number of likely N-dealkylation sites (tertiary alicyclic amines) is 1. The minimum atomic E-state index is 0.162. The third-order valence-corrected chi connectivity index (χ3v) is 4.84. The second-order valence-electron chi connectivity index (χ2n) is 5.09. The Hall–Kier alpha value is -1.49. The van der Waals surface area contributed by atoms with Gasteiger partial charge >= 0.3 is 0 Å². The minimum absolute atomic E-state index is 0.162. The van der Waals surface area contributed by atoms with Gasteiger partial charge in [0.2, 0.25) is 0 Å². The Labute approximate surface area is 116 Å². The normalized spacial score (nSPS) is 15.4. The molecular weight excluding hydrogens is 258 g/mol. The van der Waals surface area contributed by atoms with E-state index in [1.54, 1.807) is 0 Å². The predicted molar refractivity (Wildman–Crippen MR) is 76.8 cm³/mol. The fourth-order valence-electron chi connectivity index (χ4n) is 2.74. The molecule has 0 aromatic carbocycles. The zero-order chi connectivity index (χ0) is 13.6. The number of amides is 1. The van der Waals surface area contributed by atoms with E-state index in [1.807, 2.05) is 25.7 Å². The maximum absolute atomic E-state index is 12.5. The maximum Gasteiger partial charge on any atom is 0.264 e. The highest BCUT2D eigenvalue weighted by Gasteiger charge is 2.24. The van der Waals surface area contributed by atoms with Crippen molar-refractivity contribution in [3.63, 3.8) is 0 Å². The van der Waals surface area contributed by atoms with Gasteiger partial charge < -0.3 is 4.90 Å². The molecule has 1 aliphatic heterocycles. The molecule has 1 amide bonds. The van der Waals surface area contributed by atoms with Gasteiger partial charge in [0.25, 0.3) is 5.91 Å². The van der Waals surface area contributed by atoms with E-state index in [4.69, 9.17) is 0 Å². The zero-order valence-corrected chi connectivity index (χ0v) is 12.3. The number of nitrogens with zero attached hydrogens (tertiary/aromatic N) is 3. The second-order valence-corrected chi connectivity index (χ2v) is 6.09. The summed E-state index contributed by atoms with van der Waals surface area (Å²) in [4.78, 5) is 25.1. The minimum Gasteiger partial charge on any atom is -0.338 e. The molecule has 1 fully saturated rings. The first kappa shape index (κ1) is 12.5. The van der Waals surface area contributed by atoms with Crippen molar-refractivity contribution in [1.29, 1.82) is 0 Å². The number of hydrogen-bond acceptors (Lipinski definition) is 4. The third kappa shape index (κ3) is 2.02. The lowest BCUT2D eigenvalue weighted by molar-refractivity contribution is 0.0797. The molecule has 4 nitrogen and oxygen atoms in total. The van der Waals surface area contributed by atoms with Crippen LogP contribution in [0.2, 0.25) is 0 Å². The molecule has 0 spiro atoms. The van der Waals surface area contributed by atoms with Gasteiger partial charge in [-0.05, 0) is 39.2 Å². The Morgan fingerprint density at radius 3 is 2.53 bits per heavy atom. The summed E-state index contributed by atoms with van der Waals surface area (Å²) >= 11 is 1.50. The highest BCUT2D eigenvalue weighted by atomic mass is 32.1. The number of thiophene rings is 1. The number of rotatable bonds is 1. The molecule has 0 atom stereocenters. The third-order valence-electron chi connectivity index (χ3n) is 3.67. The highest BCUT2D eigenvalue weighted by molar-refractivity contribution is 7.20. The molecule has 0 saturated carbocycles. The van der Waals surface area contributed by atoms with Gasteiger partial charge in [-0.2, -0.15) is 0 Å². The fraction of sp³-hybridized carbons (Fsp3) is 0.500. The molecule has 1 saturated heterocycles. The SMILES string of the molecule is Cc1nc(C)c2c(C)c(C(=O)N3CCCC3)sc2n1. The summed E-state index contributed by atoms with van der Waals surface area (Å²) in [6.45, 7) is 7.66. The van der Waals surface area contributed by atoms with Crippen molar-refractivity contribution in [2.75, 3.05) is 13.1 Å². The number of carbonyl (C=O) groups excluding carboxylic acids is 1. The van der Waals surface area contributed by atoms with Crippen LogP contribution in [-0.4, -0.2) is 33.9 Å². The smallest absolute Gasteiger partial charge is 0.264 e. The average Bonchev–Trinajstić information content (AvgIpc) is 2.96. The molecule has 0 N–H and O–H groups in total. The quantitative estimate of drug-likeness (QED) is 0.804. The lowest BCUT2D eigenvalue weighted by atomic mass is 10.1. The lowest BCUT2D eigenvalue weighted by Gasteiger charge is -2.14. The summed E-state index contributed by atoms with van der Waals surface area (Å²) in [5.41, 5.74) is 2.01. The van der Waals surface area contributed by atoms with E-state index in [2.05, 4.69) is 9.97 Å². The molecule has 0 radical (unpaired) electrons. The molecule has 5 heteroatoms. The molecule has 0 aliphatic carbocycles. The van der Waals surface area contributed by atoms with Crippen molar-refractivity contribution >= 4 is 27.5 Å². The van der Waals surface area contributed by atoms with Crippen LogP contribution in [0.3, 0.4) is 0 Å². The van der Waals surface area contributed by atoms with Crippen LogP contribution in [0.1, 0.15) is 39.6 Å². The van der Waals surface area contributed by atoms with Crippen molar-refractivity contribution in [2.24, 2.45) is 0 Å². The van der Waals surface area contributed by atoms with Crippen LogP contribution in [-0.2, 0) is 0 Å². The number of aromatic nitrogens is 2. The Kier molecular flexibility index (Phi) is 3.01. The number of aryl methyl sites for hydroxylation is 3. The molecular formula is C14H17N3OS. The van der Waals surface area contributed by atoms with Crippen LogP contribution >= 0.6 is 11.3 Å². The van der Waals surface area contributed by atoms with Crippen LogP contribution in [0.15, 0.2) is 0 Å². The number of fused-ring (bicyclic) bond motifs is 1. The Bertz CT molecular complexity index is 656. The maximum atomic E-state index is 12.5. The van der Waals surface area contributed by atoms with E-state index in [1.165, 1.54) is 11.3 Å². The van der Waals surface area contributed by atoms with Gasteiger partial charge in [-0.1, -0.05) is 0 Å². The first-order chi connectivity index (χ1) is 9.08. The van der Waals surface area contributed by atoms with E-state index < -0.39 is 0 Å². The number of hydrogen-bond donors (Lipinski definition) is 0. The van der Waals surface area contributed by atoms with E-state index in [9.17, 15) is 4.79 Å². The lowest BCUT2D eigenvalue weighted by Crippen LogP contribution is -2.27. The standard InChI is InChI=1S/C14H17N3OS/c1-8-11-9(2)15-10(3)16-13(11)19-12(8)14(18)17-6-4-5-7-17/h4-7H2,1-3H3. The molecule has 0 unspecified atom stereocenters. The van der Waals surface area contributed by atoms with E-state index in [0.717, 1.165) is 58.1 Å². The molecule has 3 heterocycles. The summed E-state index contributed by atoms with van der Waals surface area (Å²) < 4.78 is 0. The first-order valence-corrected chi connectivity index (χ1v) is 7.43. The molecule has 2 aromatic rings. The molecule has 2 aromatic heterocycles. The van der Waals surface area contributed by atoms with E-state index in [0.29, 0.717) is 0 Å². The number of carbonyl (C=O) groups is 1. The summed E-state index contributed by atoms with van der Waals surface area (Å²) in [5.74, 6) is 0.932. The van der Waals surface area contributed by atoms with Gasteiger partial charge in [-0.15, -0.1) is 11.3 Å². The largest absolute Gasteiger partial charge is 0.338 e. The molecule has 0 bridgehead atoms. The van der Waals surface area contributed by atoms with E-state index in [-0.39, 0.29) is 5.91 Å². The second kappa shape index (κ2) is 4.56. The summed E-state index contributed by atoms with van der Waals surface area (Å²) in [5, 5.41) is 1.05. The van der Waals surface area contributed by atoms with Crippen LogP contribution in [0.25, 0.3) is 10.2 Å². The molecule has 1 aliphatic rings. The Balaban J connectivity index is 2.12. The van der Waals surface area contributed by atoms with Gasteiger partial charge in [-0.25, -0.2) is 9.97 Å². The summed E-state index contributed by atoms with van der Waals surface area (Å²) in [6, 6.07) is 0. The highest BCUT2D eigenvalue weighted by Crippen LogP contribution is 2.32. The predicted octanol–water partition coefficient (Wildman–Crippen LogP) is 2.85. The Morgan fingerprint density at radius 2 is 1.84 bits per heavy atom. The molecule has 100 valence electrons. The van der Waals surface area contributed by atoms with Crippen molar-refractivity contribution in [3.8, 4) is 0 Å². The molecule has 3 rings (SSSR count). The van der Waals surface area contributed by atoms with Crippen LogP contribution in [0, 0.1) is 20.8 Å². The average molecular weight is 275 g/mol. The fourth-order valence-corrected chi connectivity index (χ4v) is 3.99. The van der Waals surface area contributed by atoms with Crippen molar-refractivity contribution in [3.05, 3.63) is 22.0 Å². The van der Waals surface area contributed by atoms with Crippen molar-refractivity contribution < 1.29 is 4.79 Å². The van der Waals surface area contributed by atoms with Crippen LogP contribution < -0.4 is 0 Å².